The molecule has 0 spiro atoms. The van der Waals surface area contributed by atoms with Crippen LogP contribution in [0.5, 0.6) is 0 Å². The molecular formula is C79H155NO5. The van der Waals surface area contributed by atoms with Gasteiger partial charge in [-0.15, -0.1) is 0 Å². The lowest BCUT2D eigenvalue weighted by molar-refractivity contribution is -0.143. The van der Waals surface area contributed by atoms with Gasteiger partial charge in [0.1, 0.15) is 0 Å². The van der Waals surface area contributed by atoms with Crippen LogP contribution in [-0.2, 0) is 14.3 Å². The fourth-order valence-electron chi connectivity index (χ4n) is 12.8. The Morgan fingerprint density at radius 1 is 0.318 bits per heavy atom. The van der Waals surface area contributed by atoms with Crippen LogP contribution in [0.3, 0.4) is 0 Å². The Morgan fingerprint density at radius 3 is 0.800 bits per heavy atom. The summed E-state index contributed by atoms with van der Waals surface area (Å²) in [6.45, 7) is 4.97. The molecule has 0 rings (SSSR count). The molecule has 3 N–H and O–H groups in total. The maximum Gasteiger partial charge on any atom is 0.305 e. The number of esters is 1. The third-order valence-corrected chi connectivity index (χ3v) is 18.8. The van der Waals surface area contributed by atoms with Crippen molar-refractivity contribution < 1.29 is 24.5 Å². The summed E-state index contributed by atoms with van der Waals surface area (Å²) >= 11 is 0. The highest BCUT2D eigenvalue weighted by Gasteiger charge is 2.18. The molecule has 0 aliphatic heterocycles. The molecule has 85 heavy (non-hydrogen) atoms. The SMILES string of the molecule is CCCCCCCCCCCCCCCCCCCC/C=C/C(O)C(CO)NC(=O)CCCCCCCCCCCCCCCCCCCCCCCCCCCCCCCCCCCOC(=O)CCCCCCCCCCCCCCCCC. The van der Waals surface area contributed by atoms with E-state index in [1.165, 1.54) is 392 Å². The van der Waals surface area contributed by atoms with E-state index in [9.17, 15) is 19.8 Å². The van der Waals surface area contributed by atoms with Crippen LogP contribution in [0.2, 0.25) is 0 Å². The first-order valence-corrected chi connectivity index (χ1v) is 39.5. The summed E-state index contributed by atoms with van der Waals surface area (Å²) in [5.74, 6) is -0.0326. The van der Waals surface area contributed by atoms with Crippen LogP contribution in [0.4, 0.5) is 0 Å². The summed E-state index contributed by atoms with van der Waals surface area (Å²) in [6, 6.07) is -0.624. The van der Waals surface area contributed by atoms with E-state index in [1.54, 1.807) is 6.08 Å². The molecule has 0 aromatic rings. The Labute approximate surface area is 533 Å². The van der Waals surface area contributed by atoms with E-state index in [0.717, 1.165) is 38.5 Å². The topological polar surface area (TPSA) is 95.9 Å². The molecule has 0 heterocycles. The minimum Gasteiger partial charge on any atom is -0.466 e. The number of unbranched alkanes of at least 4 members (excludes halogenated alkanes) is 64. The van der Waals surface area contributed by atoms with Crippen LogP contribution < -0.4 is 5.32 Å². The van der Waals surface area contributed by atoms with Crippen LogP contribution in [0.15, 0.2) is 12.2 Å². The molecule has 0 aliphatic rings. The normalized spacial score (nSPS) is 12.5. The number of amides is 1. The maximum atomic E-state index is 12.5. The second-order valence-corrected chi connectivity index (χ2v) is 27.4. The van der Waals surface area contributed by atoms with Crippen LogP contribution in [0.25, 0.3) is 0 Å². The van der Waals surface area contributed by atoms with Crippen molar-refractivity contribution >= 4 is 11.9 Å². The molecule has 6 nitrogen and oxygen atoms in total. The minimum absolute atomic E-state index is 0.0256. The van der Waals surface area contributed by atoms with Gasteiger partial charge in [0, 0.05) is 12.8 Å². The van der Waals surface area contributed by atoms with Gasteiger partial charge in [0.15, 0.2) is 0 Å². The molecule has 0 fully saturated rings. The van der Waals surface area contributed by atoms with Crippen molar-refractivity contribution in [3.05, 3.63) is 12.2 Å². The van der Waals surface area contributed by atoms with E-state index >= 15 is 0 Å². The molecule has 2 unspecified atom stereocenters. The summed E-state index contributed by atoms with van der Waals surface area (Å²) < 4.78 is 5.51. The Hall–Kier alpha value is -1.40. The molecule has 1 amide bonds. The van der Waals surface area contributed by atoms with Crippen molar-refractivity contribution in [2.24, 2.45) is 0 Å². The summed E-state index contributed by atoms with van der Waals surface area (Å²) in [5, 5.41) is 23.3. The molecule has 506 valence electrons. The van der Waals surface area contributed by atoms with Gasteiger partial charge in [-0.1, -0.05) is 424 Å². The van der Waals surface area contributed by atoms with Gasteiger partial charge < -0.3 is 20.3 Å². The summed E-state index contributed by atoms with van der Waals surface area (Å²) in [4.78, 5) is 24.6. The van der Waals surface area contributed by atoms with Gasteiger partial charge in [0.2, 0.25) is 5.91 Å². The van der Waals surface area contributed by atoms with Gasteiger partial charge in [-0.2, -0.15) is 0 Å². The zero-order chi connectivity index (χ0) is 61.3. The van der Waals surface area contributed by atoms with Gasteiger partial charge >= 0.3 is 5.97 Å². The third kappa shape index (κ3) is 71.6. The molecule has 0 radical (unpaired) electrons. The van der Waals surface area contributed by atoms with E-state index in [0.29, 0.717) is 19.4 Å². The number of hydrogen-bond donors (Lipinski definition) is 3. The Kier molecular flexibility index (Phi) is 73.8. The van der Waals surface area contributed by atoms with Crippen molar-refractivity contribution in [1.82, 2.24) is 5.32 Å². The summed E-state index contributed by atoms with van der Waals surface area (Å²) in [6.07, 6.45) is 94.8. The third-order valence-electron chi connectivity index (χ3n) is 18.8. The first-order chi connectivity index (χ1) is 42.0. The second kappa shape index (κ2) is 75.1. The lowest BCUT2D eigenvalue weighted by Crippen LogP contribution is -2.45. The number of allylic oxidation sites excluding steroid dienone is 1. The first-order valence-electron chi connectivity index (χ1n) is 39.5. The average Bonchev–Trinajstić information content (AvgIpc) is 3.51. The Bertz CT molecular complexity index is 1290. The molecule has 0 saturated heterocycles. The number of nitrogens with one attached hydrogen (secondary N) is 1. The minimum atomic E-state index is -0.841. The molecular weight excluding hydrogens is 1040 g/mol. The number of aliphatic hydroxyl groups is 2. The number of carbonyl (C=O) groups is 2. The van der Waals surface area contributed by atoms with Crippen molar-refractivity contribution in [2.45, 2.75) is 469 Å². The molecule has 2 atom stereocenters. The van der Waals surface area contributed by atoms with Gasteiger partial charge in [0.05, 0.1) is 25.4 Å². The van der Waals surface area contributed by atoms with Crippen LogP contribution in [0, 0.1) is 0 Å². The average molecular weight is 1200 g/mol. The number of rotatable bonds is 75. The summed E-state index contributed by atoms with van der Waals surface area (Å²) in [7, 11) is 0. The zero-order valence-electron chi connectivity index (χ0n) is 58.1. The summed E-state index contributed by atoms with van der Waals surface area (Å²) in [5.41, 5.74) is 0. The molecule has 0 bridgehead atoms. The molecule has 0 aromatic heterocycles. The van der Waals surface area contributed by atoms with Crippen molar-refractivity contribution in [2.75, 3.05) is 13.2 Å². The van der Waals surface area contributed by atoms with Gasteiger partial charge in [-0.3, -0.25) is 9.59 Å². The van der Waals surface area contributed by atoms with Crippen LogP contribution >= 0.6 is 0 Å². The monoisotopic (exact) mass is 1200 g/mol. The fourth-order valence-corrected chi connectivity index (χ4v) is 12.8. The van der Waals surface area contributed by atoms with Gasteiger partial charge in [-0.05, 0) is 32.1 Å². The highest BCUT2D eigenvalue weighted by Crippen LogP contribution is 2.20. The fraction of sp³-hybridized carbons (Fsp3) is 0.949. The van der Waals surface area contributed by atoms with Crippen LogP contribution in [-0.4, -0.2) is 47.4 Å². The van der Waals surface area contributed by atoms with E-state index in [1.807, 2.05) is 6.08 Å². The van der Waals surface area contributed by atoms with E-state index in [-0.39, 0.29) is 18.5 Å². The van der Waals surface area contributed by atoms with Crippen LogP contribution in [0.1, 0.15) is 457 Å². The van der Waals surface area contributed by atoms with Crippen molar-refractivity contribution in [3.63, 3.8) is 0 Å². The van der Waals surface area contributed by atoms with E-state index < -0.39 is 12.1 Å². The largest absolute Gasteiger partial charge is 0.466 e. The first kappa shape index (κ1) is 83.6. The zero-order valence-corrected chi connectivity index (χ0v) is 58.1. The Morgan fingerprint density at radius 2 is 0.541 bits per heavy atom. The second-order valence-electron chi connectivity index (χ2n) is 27.4. The van der Waals surface area contributed by atoms with Gasteiger partial charge in [0.25, 0.3) is 0 Å². The number of aliphatic hydroxyl groups excluding tert-OH is 2. The standard InChI is InChI=1S/C79H155NO5/c1-3-5-7-9-11-13-15-17-19-20-21-37-40-44-47-51-55-59-63-67-71-77(82)76(75-81)80-78(83)72-68-64-60-56-52-48-45-41-38-35-33-31-29-27-25-23-22-24-26-28-30-32-34-36-39-42-46-50-54-58-62-66-70-74-85-79(84)73-69-65-61-57-53-49-43-18-16-14-12-10-8-6-4-2/h67,71,76-77,81-82H,3-66,68-70,72-75H2,1-2H3,(H,80,83)/b71-67+. The lowest BCUT2D eigenvalue weighted by atomic mass is 10.0. The van der Waals surface area contributed by atoms with Crippen molar-refractivity contribution in [3.8, 4) is 0 Å². The molecule has 0 saturated carbocycles. The lowest BCUT2D eigenvalue weighted by Gasteiger charge is -2.20. The predicted octanol–water partition coefficient (Wildman–Crippen LogP) is 25.9. The van der Waals surface area contributed by atoms with Gasteiger partial charge in [-0.25, -0.2) is 0 Å². The predicted molar refractivity (Wildman–Crippen MR) is 375 cm³/mol. The maximum absolute atomic E-state index is 12.5. The van der Waals surface area contributed by atoms with Crippen molar-refractivity contribution in [1.29, 1.82) is 0 Å². The Balaban J connectivity index is 3.33. The molecule has 0 aromatic carbocycles. The molecule has 6 heteroatoms. The van der Waals surface area contributed by atoms with E-state index in [2.05, 4.69) is 19.2 Å². The van der Waals surface area contributed by atoms with E-state index in [4.69, 9.17) is 4.74 Å². The quantitative estimate of drug-likeness (QED) is 0.0320. The highest BCUT2D eigenvalue weighted by molar-refractivity contribution is 5.76. The smallest absolute Gasteiger partial charge is 0.305 e. The highest BCUT2D eigenvalue weighted by atomic mass is 16.5. The number of ether oxygens (including phenoxy) is 1. The molecule has 0 aliphatic carbocycles. The number of hydrogen-bond acceptors (Lipinski definition) is 5. The number of carbonyl (C=O) groups excluding carboxylic acids is 2.